The van der Waals surface area contributed by atoms with Gasteiger partial charge < -0.3 is 44.6 Å². The number of hydrogen-bond donors (Lipinski definition) is 7. The number of phosphoric acid groups is 2. The molecule has 0 aromatic rings. The first-order valence-corrected chi connectivity index (χ1v) is 26.9. The lowest BCUT2D eigenvalue weighted by molar-refractivity contribution is -0.216. The SMILES string of the molecule is CCCC=CCC=CCCCCCCCC(=O)OC[C@H](COP(=O)(O)O[C@H]1C(O)C(O)C(O)[C@@H](OP(=O)(O)O)C1O)OC(=O)CCCCCCCCC=CCC=CCC=CCCCCC. The molecule has 0 aromatic carbocycles. The van der Waals surface area contributed by atoms with Crippen molar-refractivity contribution >= 4 is 27.6 Å². The lowest BCUT2D eigenvalue weighted by Gasteiger charge is -2.43. The van der Waals surface area contributed by atoms with Crippen molar-refractivity contribution in [2.24, 2.45) is 0 Å². The molecule has 0 bridgehead atoms. The minimum atomic E-state index is -5.37. The molecule has 5 unspecified atom stereocenters. The van der Waals surface area contributed by atoms with E-state index in [0.717, 1.165) is 109 Å². The molecule has 18 heteroatoms. The summed E-state index contributed by atoms with van der Waals surface area (Å²) in [5, 5.41) is 41.2. The number of hydrogen-bond acceptors (Lipinski definition) is 13. The Labute approximate surface area is 388 Å². The fourth-order valence-electron chi connectivity index (χ4n) is 6.83. The Bertz CT molecular complexity index is 1490. The molecule has 0 amide bonds. The van der Waals surface area contributed by atoms with Crippen LogP contribution in [0.25, 0.3) is 0 Å². The van der Waals surface area contributed by atoms with E-state index in [1.54, 1.807) is 0 Å². The molecule has 1 fully saturated rings. The van der Waals surface area contributed by atoms with E-state index in [-0.39, 0.29) is 12.8 Å². The Kier molecular flexibility index (Phi) is 35.2. The van der Waals surface area contributed by atoms with E-state index in [1.807, 2.05) is 0 Å². The Morgan fingerprint density at radius 1 is 0.492 bits per heavy atom. The fourth-order valence-corrected chi connectivity index (χ4v) is 8.37. The second-order valence-corrected chi connectivity index (χ2v) is 19.1. The first-order valence-electron chi connectivity index (χ1n) is 23.8. The number of aliphatic hydroxyl groups is 4. The van der Waals surface area contributed by atoms with Crippen molar-refractivity contribution in [1.82, 2.24) is 0 Å². The highest BCUT2D eigenvalue weighted by molar-refractivity contribution is 7.47. The highest BCUT2D eigenvalue weighted by atomic mass is 31.2. The van der Waals surface area contributed by atoms with Gasteiger partial charge in [-0.15, -0.1) is 0 Å². The van der Waals surface area contributed by atoms with Crippen molar-refractivity contribution in [2.45, 2.75) is 211 Å². The fraction of sp³-hybridized carbons (Fsp3) is 0.745. The van der Waals surface area contributed by atoms with Crippen molar-refractivity contribution in [3.63, 3.8) is 0 Å². The average molecular weight is 965 g/mol. The smallest absolute Gasteiger partial charge is 0.462 e. The van der Waals surface area contributed by atoms with Gasteiger partial charge >= 0.3 is 27.6 Å². The third kappa shape index (κ3) is 32.2. The molecule has 8 atom stereocenters. The molecule has 65 heavy (non-hydrogen) atoms. The van der Waals surface area contributed by atoms with Gasteiger partial charge in [0.2, 0.25) is 0 Å². The third-order valence-corrected chi connectivity index (χ3v) is 12.0. The van der Waals surface area contributed by atoms with Crippen LogP contribution < -0.4 is 0 Å². The van der Waals surface area contributed by atoms with E-state index >= 15 is 0 Å². The van der Waals surface area contributed by atoms with Gasteiger partial charge in [0, 0.05) is 12.8 Å². The Morgan fingerprint density at radius 2 is 0.923 bits per heavy atom. The van der Waals surface area contributed by atoms with Gasteiger partial charge in [0.15, 0.2) is 6.10 Å². The molecule has 1 rings (SSSR count). The average Bonchev–Trinajstić information content (AvgIpc) is 3.26. The maximum atomic E-state index is 13.0. The number of rotatable bonds is 39. The van der Waals surface area contributed by atoms with Crippen LogP contribution in [0.4, 0.5) is 0 Å². The van der Waals surface area contributed by atoms with E-state index < -0.39 is 83.5 Å². The summed E-state index contributed by atoms with van der Waals surface area (Å²) in [7, 11) is -10.7. The first-order chi connectivity index (χ1) is 31.1. The highest BCUT2D eigenvalue weighted by Crippen LogP contribution is 2.49. The summed E-state index contributed by atoms with van der Waals surface area (Å²) in [6.45, 7) is 2.99. The van der Waals surface area contributed by atoms with E-state index in [4.69, 9.17) is 18.5 Å². The van der Waals surface area contributed by atoms with Gasteiger partial charge in [0.1, 0.15) is 43.2 Å². The molecule has 1 saturated carbocycles. The molecule has 376 valence electrons. The largest absolute Gasteiger partial charge is 0.472 e. The summed E-state index contributed by atoms with van der Waals surface area (Å²) in [5.74, 6) is -1.24. The molecule has 1 aliphatic rings. The molecule has 0 radical (unpaired) electrons. The molecular weight excluding hydrogens is 882 g/mol. The van der Waals surface area contributed by atoms with Gasteiger partial charge in [-0.3, -0.25) is 23.2 Å². The second kappa shape index (κ2) is 37.7. The zero-order chi connectivity index (χ0) is 48.2. The van der Waals surface area contributed by atoms with Gasteiger partial charge in [-0.25, -0.2) is 9.13 Å². The standard InChI is InChI=1S/C47H82O16P2/c1-3-5-7-9-11-13-15-17-18-19-20-21-22-24-26-28-30-32-34-36-41(49)61-39(37-59-40(48)35-33-31-29-27-25-23-16-14-12-10-8-6-4-2)38-60-65(57,58)63-47-44(52)42(50)43(51)46(45(47)53)62-64(54,55)56/h8,10-11,13-14,16-18,20-21,39,42-47,50-53H,3-7,9,12,15,19,22-38H2,1-2H3,(H,57,58)(H2,54,55,56)/t39-,42?,43?,44?,45?,46-,47+/m1/s1. The van der Waals surface area contributed by atoms with Crippen LogP contribution in [0.1, 0.15) is 168 Å². The van der Waals surface area contributed by atoms with Gasteiger partial charge in [-0.1, -0.05) is 139 Å². The minimum absolute atomic E-state index is 0.0239. The normalized spacial score (nSPS) is 22.2. The topological polar surface area (TPSA) is 256 Å². The molecule has 0 aromatic heterocycles. The van der Waals surface area contributed by atoms with Crippen LogP contribution in [0.2, 0.25) is 0 Å². The van der Waals surface area contributed by atoms with Gasteiger partial charge in [-0.05, 0) is 77.0 Å². The highest BCUT2D eigenvalue weighted by Gasteiger charge is 2.54. The van der Waals surface area contributed by atoms with Gasteiger partial charge in [0.25, 0.3) is 0 Å². The molecule has 7 N–H and O–H groups in total. The quantitative estimate of drug-likeness (QED) is 0.0131. The second-order valence-electron chi connectivity index (χ2n) is 16.5. The zero-order valence-corrected chi connectivity index (χ0v) is 40.7. The van der Waals surface area contributed by atoms with Crippen LogP contribution >= 0.6 is 15.6 Å². The zero-order valence-electron chi connectivity index (χ0n) is 38.9. The Balaban J connectivity index is 2.60. The van der Waals surface area contributed by atoms with Crippen LogP contribution in [-0.2, 0) is 41.8 Å². The molecule has 0 spiro atoms. The monoisotopic (exact) mass is 965 g/mol. The maximum Gasteiger partial charge on any atom is 0.472 e. The first kappa shape index (κ1) is 60.7. The van der Waals surface area contributed by atoms with Crippen LogP contribution in [0, 0.1) is 0 Å². The number of ether oxygens (including phenoxy) is 2. The number of aliphatic hydroxyl groups excluding tert-OH is 4. The summed E-state index contributed by atoms with van der Waals surface area (Å²) in [6, 6.07) is 0. The number of esters is 2. The predicted molar refractivity (Wildman–Crippen MR) is 250 cm³/mol. The number of allylic oxidation sites excluding steroid dienone is 10. The van der Waals surface area contributed by atoms with Crippen LogP contribution in [0.5, 0.6) is 0 Å². The summed E-state index contributed by atoms with van der Waals surface area (Å²) in [4.78, 5) is 54.3. The van der Waals surface area contributed by atoms with Crippen molar-refractivity contribution in [2.75, 3.05) is 13.2 Å². The summed E-state index contributed by atoms with van der Waals surface area (Å²) >= 11 is 0. The molecule has 1 aliphatic carbocycles. The van der Waals surface area contributed by atoms with E-state index in [9.17, 15) is 53.8 Å². The number of carbonyl (C=O) groups excluding carboxylic acids is 2. The molecule has 0 aliphatic heterocycles. The number of phosphoric ester groups is 2. The number of carbonyl (C=O) groups is 2. The molecular formula is C47H82O16P2. The maximum absolute atomic E-state index is 13.0. The number of unbranched alkanes of at least 4 members (excludes halogenated alkanes) is 15. The predicted octanol–water partition coefficient (Wildman–Crippen LogP) is 9.06. The van der Waals surface area contributed by atoms with Crippen molar-refractivity contribution in [3.8, 4) is 0 Å². The minimum Gasteiger partial charge on any atom is -0.462 e. The Morgan fingerprint density at radius 3 is 1.42 bits per heavy atom. The van der Waals surface area contributed by atoms with Gasteiger partial charge in [-0.2, -0.15) is 0 Å². The van der Waals surface area contributed by atoms with Crippen LogP contribution in [0.15, 0.2) is 60.8 Å². The van der Waals surface area contributed by atoms with Crippen LogP contribution in [-0.4, -0.2) is 103 Å². The van der Waals surface area contributed by atoms with Crippen LogP contribution in [0.3, 0.4) is 0 Å². The van der Waals surface area contributed by atoms with Crippen molar-refractivity contribution in [3.05, 3.63) is 60.8 Å². The van der Waals surface area contributed by atoms with Crippen molar-refractivity contribution in [1.29, 1.82) is 0 Å². The summed E-state index contributed by atoms with van der Waals surface area (Å²) in [6.07, 6.45) is 28.9. The molecule has 0 heterocycles. The summed E-state index contributed by atoms with van der Waals surface area (Å²) < 4.78 is 49.3. The molecule has 16 nitrogen and oxygen atoms in total. The molecule has 0 saturated heterocycles. The third-order valence-electron chi connectivity index (χ3n) is 10.5. The van der Waals surface area contributed by atoms with E-state index in [1.165, 1.54) is 19.3 Å². The lowest BCUT2D eigenvalue weighted by Crippen LogP contribution is -2.64. The van der Waals surface area contributed by atoms with Gasteiger partial charge in [0.05, 0.1) is 6.61 Å². The van der Waals surface area contributed by atoms with E-state index in [2.05, 4.69) is 79.1 Å². The Hall–Kier alpha value is -2.30. The van der Waals surface area contributed by atoms with Crippen molar-refractivity contribution < 1.29 is 76.9 Å². The van der Waals surface area contributed by atoms with E-state index in [0.29, 0.717) is 12.8 Å². The lowest BCUT2D eigenvalue weighted by atomic mass is 9.85. The summed E-state index contributed by atoms with van der Waals surface area (Å²) in [5.41, 5.74) is 0.